The third kappa shape index (κ3) is 3.31. The van der Waals surface area contributed by atoms with Gasteiger partial charge in [-0.15, -0.1) is 0 Å². The number of aliphatic hydroxyl groups is 1. The number of hydrogen-bond donors (Lipinski definition) is 1. The first-order valence-corrected chi connectivity index (χ1v) is 10.2. The molecule has 0 saturated carbocycles. The molecular formula is C22H22F2N4O2. The Hall–Kier alpha value is -3.00. The number of likely N-dealkylation sites (tertiary alicyclic amines) is 1. The van der Waals surface area contributed by atoms with Gasteiger partial charge >= 0.3 is 0 Å². The molecule has 156 valence electrons. The Morgan fingerprint density at radius 3 is 2.63 bits per heavy atom. The van der Waals surface area contributed by atoms with Crippen molar-refractivity contribution in [1.82, 2.24) is 14.5 Å². The van der Waals surface area contributed by atoms with Crippen LogP contribution in [-0.2, 0) is 0 Å². The van der Waals surface area contributed by atoms with Crippen LogP contribution in [0.1, 0.15) is 41.2 Å². The Morgan fingerprint density at radius 1 is 1.10 bits per heavy atom. The Bertz CT molecular complexity index is 1100. The zero-order chi connectivity index (χ0) is 20.8. The van der Waals surface area contributed by atoms with Gasteiger partial charge in [-0.05, 0) is 49.1 Å². The largest absolute Gasteiger partial charge is 0.391 e. The second-order valence-corrected chi connectivity index (χ2v) is 8.02. The molecule has 0 radical (unpaired) electrons. The van der Waals surface area contributed by atoms with E-state index in [0.29, 0.717) is 36.2 Å². The zero-order valence-corrected chi connectivity index (χ0v) is 16.3. The minimum Gasteiger partial charge on any atom is -0.391 e. The lowest BCUT2D eigenvalue weighted by molar-refractivity contribution is 0.0767. The van der Waals surface area contributed by atoms with Crippen LogP contribution in [0.2, 0.25) is 0 Å². The van der Waals surface area contributed by atoms with Crippen molar-refractivity contribution in [3.05, 3.63) is 65.5 Å². The van der Waals surface area contributed by atoms with Gasteiger partial charge in [0.25, 0.3) is 5.91 Å². The molecule has 0 spiro atoms. The Labute approximate surface area is 172 Å². The number of rotatable bonds is 3. The van der Waals surface area contributed by atoms with Crippen LogP contribution in [0.15, 0.2) is 42.7 Å². The van der Waals surface area contributed by atoms with Gasteiger partial charge in [0, 0.05) is 37.6 Å². The predicted molar refractivity (Wildman–Crippen MR) is 107 cm³/mol. The molecular weight excluding hydrogens is 390 g/mol. The Balaban J connectivity index is 1.49. The van der Waals surface area contributed by atoms with Crippen molar-refractivity contribution in [2.75, 3.05) is 24.5 Å². The summed E-state index contributed by atoms with van der Waals surface area (Å²) < 4.78 is 29.2. The summed E-state index contributed by atoms with van der Waals surface area (Å²) in [7, 11) is 0. The lowest BCUT2D eigenvalue weighted by Gasteiger charge is -2.27. The van der Waals surface area contributed by atoms with E-state index >= 15 is 0 Å². The summed E-state index contributed by atoms with van der Waals surface area (Å²) in [5, 5.41) is 14.0. The van der Waals surface area contributed by atoms with Crippen LogP contribution in [0, 0.1) is 11.6 Å². The predicted octanol–water partition coefficient (Wildman–Crippen LogP) is 3.16. The highest BCUT2D eigenvalue weighted by atomic mass is 19.1. The molecule has 1 aromatic carbocycles. The molecule has 4 heterocycles. The standard InChI is InChI=1S/C22H22F2N4O2/c23-15-8-14(9-16(24)10-15)20-2-1-5-27(20)17-3-7-28-21(11-17)19(12-25-28)22(30)26-6-4-18(29)13-26/h3,7-12,18,20,29H,1-2,4-6,13H2. The number of fused-ring (bicyclic) bond motifs is 1. The summed E-state index contributed by atoms with van der Waals surface area (Å²) in [6.07, 6.45) is 5.14. The van der Waals surface area contributed by atoms with E-state index in [1.807, 2.05) is 12.1 Å². The SMILES string of the molecule is O=C(c1cnn2ccc(N3CCCC3c3cc(F)cc(F)c3)cc12)N1CCC(O)C1. The lowest BCUT2D eigenvalue weighted by atomic mass is 10.0. The van der Waals surface area contributed by atoms with Gasteiger partial charge in [0.2, 0.25) is 0 Å². The highest BCUT2D eigenvalue weighted by Gasteiger charge is 2.30. The summed E-state index contributed by atoms with van der Waals surface area (Å²) in [5.74, 6) is -1.31. The Kier molecular flexibility index (Phi) is 4.66. The number of nitrogens with zero attached hydrogens (tertiary/aromatic N) is 4. The van der Waals surface area contributed by atoms with Gasteiger partial charge in [0.15, 0.2) is 0 Å². The number of β-amino-alcohol motifs (C(OH)–C–C–N with tert-alkyl or cyclic N) is 1. The topological polar surface area (TPSA) is 61.1 Å². The van der Waals surface area contributed by atoms with Crippen LogP contribution in [0.25, 0.3) is 5.52 Å². The highest BCUT2D eigenvalue weighted by molar-refractivity contribution is 6.01. The van der Waals surface area contributed by atoms with E-state index in [2.05, 4.69) is 10.00 Å². The van der Waals surface area contributed by atoms with E-state index < -0.39 is 17.7 Å². The second kappa shape index (κ2) is 7.36. The molecule has 0 aliphatic carbocycles. The highest BCUT2D eigenvalue weighted by Crippen LogP contribution is 2.37. The molecule has 3 aromatic rings. The van der Waals surface area contributed by atoms with Gasteiger partial charge in [-0.2, -0.15) is 5.10 Å². The van der Waals surface area contributed by atoms with Crippen LogP contribution in [0.5, 0.6) is 0 Å². The van der Waals surface area contributed by atoms with Gasteiger partial charge in [-0.25, -0.2) is 13.3 Å². The van der Waals surface area contributed by atoms with E-state index in [4.69, 9.17) is 0 Å². The summed E-state index contributed by atoms with van der Waals surface area (Å²) in [6.45, 7) is 1.61. The first-order chi connectivity index (χ1) is 14.5. The van der Waals surface area contributed by atoms with Crippen LogP contribution in [0.4, 0.5) is 14.5 Å². The third-order valence-corrected chi connectivity index (χ3v) is 6.04. The number of amides is 1. The van der Waals surface area contributed by atoms with Gasteiger partial charge < -0.3 is 14.9 Å². The van der Waals surface area contributed by atoms with Crippen LogP contribution in [-0.4, -0.2) is 51.3 Å². The molecule has 2 aliphatic heterocycles. The number of aliphatic hydroxyl groups excluding tert-OH is 1. The van der Waals surface area contributed by atoms with E-state index in [-0.39, 0.29) is 11.9 Å². The van der Waals surface area contributed by atoms with Crippen molar-refractivity contribution >= 4 is 17.1 Å². The number of carbonyl (C=O) groups is 1. The van der Waals surface area contributed by atoms with Crippen molar-refractivity contribution in [2.45, 2.75) is 31.4 Å². The summed E-state index contributed by atoms with van der Waals surface area (Å²) >= 11 is 0. The van der Waals surface area contributed by atoms with E-state index in [9.17, 15) is 18.7 Å². The second-order valence-electron chi connectivity index (χ2n) is 8.02. The molecule has 8 heteroatoms. The van der Waals surface area contributed by atoms with Crippen molar-refractivity contribution < 1.29 is 18.7 Å². The van der Waals surface area contributed by atoms with Gasteiger partial charge in [-0.1, -0.05) is 0 Å². The first kappa shape index (κ1) is 19.0. The van der Waals surface area contributed by atoms with Gasteiger partial charge in [-0.3, -0.25) is 4.79 Å². The van der Waals surface area contributed by atoms with Gasteiger partial charge in [0.05, 0.1) is 29.4 Å². The van der Waals surface area contributed by atoms with Crippen molar-refractivity contribution in [2.24, 2.45) is 0 Å². The van der Waals surface area contributed by atoms with E-state index in [1.54, 1.807) is 21.8 Å². The monoisotopic (exact) mass is 412 g/mol. The van der Waals surface area contributed by atoms with Crippen LogP contribution in [0.3, 0.4) is 0 Å². The molecule has 6 nitrogen and oxygen atoms in total. The average molecular weight is 412 g/mol. The molecule has 0 bridgehead atoms. The average Bonchev–Trinajstić information content (AvgIpc) is 3.45. The van der Waals surface area contributed by atoms with Crippen molar-refractivity contribution in [3.63, 3.8) is 0 Å². The number of pyridine rings is 1. The minimum absolute atomic E-state index is 0.131. The third-order valence-electron chi connectivity index (χ3n) is 6.04. The molecule has 2 aliphatic rings. The number of hydrogen-bond acceptors (Lipinski definition) is 4. The molecule has 1 N–H and O–H groups in total. The number of anilines is 1. The molecule has 30 heavy (non-hydrogen) atoms. The summed E-state index contributed by atoms with van der Waals surface area (Å²) in [4.78, 5) is 16.7. The minimum atomic E-state index is -0.580. The normalized spacial score (nSPS) is 21.7. The lowest BCUT2D eigenvalue weighted by Crippen LogP contribution is -2.29. The zero-order valence-electron chi connectivity index (χ0n) is 16.3. The molecule has 2 fully saturated rings. The van der Waals surface area contributed by atoms with Gasteiger partial charge in [0.1, 0.15) is 11.6 Å². The van der Waals surface area contributed by atoms with E-state index in [1.165, 1.54) is 12.1 Å². The van der Waals surface area contributed by atoms with Crippen LogP contribution < -0.4 is 4.90 Å². The quantitative estimate of drug-likeness (QED) is 0.718. The molecule has 1 amide bonds. The summed E-state index contributed by atoms with van der Waals surface area (Å²) in [5.41, 5.74) is 2.65. The molecule has 5 rings (SSSR count). The summed E-state index contributed by atoms with van der Waals surface area (Å²) in [6, 6.07) is 7.33. The fraction of sp³-hybridized carbons (Fsp3) is 0.364. The maximum Gasteiger partial charge on any atom is 0.257 e. The van der Waals surface area contributed by atoms with Crippen LogP contribution >= 0.6 is 0 Å². The van der Waals surface area contributed by atoms with Crippen molar-refractivity contribution in [3.8, 4) is 0 Å². The maximum absolute atomic E-state index is 13.8. The fourth-order valence-corrected chi connectivity index (χ4v) is 4.60. The molecule has 2 unspecified atom stereocenters. The molecule has 2 saturated heterocycles. The van der Waals surface area contributed by atoms with E-state index in [0.717, 1.165) is 31.1 Å². The number of carbonyl (C=O) groups excluding carboxylic acids is 1. The number of halogens is 2. The smallest absolute Gasteiger partial charge is 0.257 e. The molecule has 2 aromatic heterocycles. The number of benzene rings is 1. The van der Waals surface area contributed by atoms with Crippen molar-refractivity contribution in [1.29, 1.82) is 0 Å². The maximum atomic E-state index is 13.8. The fourth-order valence-electron chi connectivity index (χ4n) is 4.60. The Morgan fingerprint density at radius 2 is 1.90 bits per heavy atom. The number of aromatic nitrogens is 2. The first-order valence-electron chi connectivity index (χ1n) is 10.2. The molecule has 2 atom stereocenters.